The van der Waals surface area contributed by atoms with E-state index in [1.807, 2.05) is 0 Å². The third-order valence-electron chi connectivity index (χ3n) is 7.73. The first-order chi connectivity index (χ1) is 20.7. The number of carbonyl (C=O) groups excluding carboxylic acids is 2. The van der Waals surface area contributed by atoms with Crippen LogP contribution in [0.2, 0.25) is 0 Å². The molecule has 0 aromatic carbocycles. The molecule has 0 fully saturated rings. The van der Waals surface area contributed by atoms with Crippen molar-refractivity contribution in [2.75, 3.05) is 13.6 Å². The van der Waals surface area contributed by atoms with Gasteiger partial charge in [0, 0.05) is 25.8 Å². The molecule has 0 rings (SSSR count). The van der Waals surface area contributed by atoms with Crippen LogP contribution >= 0.6 is 0 Å². The zero-order valence-electron chi connectivity index (χ0n) is 26.5. The quantitative estimate of drug-likeness (QED) is 0.0557. The Bertz CT molecular complexity index is 778. The number of nitrogens with one attached hydrogen (secondary N) is 3. The van der Waals surface area contributed by atoms with Gasteiger partial charge in [-0.1, -0.05) is 89.9 Å². The van der Waals surface area contributed by atoms with Crippen molar-refractivity contribution in [2.24, 2.45) is 0 Å². The number of carboxylic acids is 3. The summed E-state index contributed by atoms with van der Waals surface area (Å²) in [6.45, 7) is 0.389. The van der Waals surface area contributed by atoms with Gasteiger partial charge in [-0.15, -0.1) is 0 Å². The van der Waals surface area contributed by atoms with Crippen LogP contribution in [0.4, 0.5) is 0 Å². The third-order valence-corrected chi connectivity index (χ3v) is 7.73. The lowest BCUT2D eigenvalue weighted by Gasteiger charge is -2.14. The van der Waals surface area contributed by atoms with E-state index in [0.29, 0.717) is 32.2 Å². The predicted octanol–water partition coefficient (Wildman–Crippen LogP) is 5.40. The van der Waals surface area contributed by atoms with Crippen LogP contribution in [0.15, 0.2) is 0 Å². The highest BCUT2D eigenvalue weighted by Crippen LogP contribution is 2.14. The molecule has 0 saturated carbocycles. The van der Waals surface area contributed by atoms with Gasteiger partial charge >= 0.3 is 17.9 Å². The molecule has 0 aromatic heterocycles. The average molecular weight is 614 g/mol. The Morgan fingerprint density at radius 2 is 0.930 bits per heavy atom. The molecule has 0 unspecified atom stereocenters. The van der Waals surface area contributed by atoms with Gasteiger partial charge in [-0.3, -0.25) is 19.2 Å². The Morgan fingerprint density at radius 1 is 0.488 bits per heavy atom. The van der Waals surface area contributed by atoms with Crippen molar-refractivity contribution in [3.63, 3.8) is 0 Å². The smallest absolute Gasteiger partial charge is 0.326 e. The largest absolute Gasteiger partial charge is 0.481 e. The number of aliphatic carboxylic acids is 3. The second-order valence-corrected chi connectivity index (χ2v) is 11.6. The molecule has 0 aliphatic carbocycles. The zero-order chi connectivity index (χ0) is 32.1. The summed E-state index contributed by atoms with van der Waals surface area (Å²) in [5.74, 6) is -3.35. The molecule has 250 valence electrons. The van der Waals surface area contributed by atoms with Crippen LogP contribution in [0, 0.1) is 0 Å². The van der Waals surface area contributed by atoms with Gasteiger partial charge in [-0.25, -0.2) is 4.79 Å². The molecule has 43 heavy (non-hydrogen) atoms. The maximum atomic E-state index is 12.2. The van der Waals surface area contributed by atoms with Gasteiger partial charge in [0.1, 0.15) is 12.1 Å². The van der Waals surface area contributed by atoms with Gasteiger partial charge in [-0.05, 0) is 45.6 Å². The van der Waals surface area contributed by atoms with E-state index in [4.69, 9.17) is 10.2 Å². The average Bonchev–Trinajstić information content (AvgIpc) is 2.95. The standard InChI is InChI=1S/C32H59N3O8/c1-33-26(31(40)41)20-18-19-25-34-28(36)24-23-27(32(42)43)35-29(37)21-16-14-12-10-8-6-4-2-3-5-7-9-11-13-15-17-22-30(38)39/h26-27,33H,2-25H2,1H3,(H,34,36)(H,35,37)(H,38,39)(H,40,41)(H,42,43)/t26-,27-/m0/s1. The highest BCUT2D eigenvalue weighted by atomic mass is 16.4. The van der Waals surface area contributed by atoms with Crippen molar-refractivity contribution in [3.05, 3.63) is 0 Å². The number of rotatable bonds is 31. The molecule has 0 aliphatic heterocycles. The summed E-state index contributed by atoms with van der Waals surface area (Å²) in [4.78, 5) is 57.2. The Morgan fingerprint density at radius 3 is 1.35 bits per heavy atom. The van der Waals surface area contributed by atoms with Gasteiger partial charge in [0.05, 0.1) is 0 Å². The third kappa shape index (κ3) is 26.7. The molecule has 0 aromatic rings. The van der Waals surface area contributed by atoms with Crippen LogP contribution in [-0.4, -0.2) is 70.7 Å². The molecular formula is C32H59N3O8. The fourth-order valence-electron chi connectivity index (χ4n) is 5.02. The molecular weight excluding hydrogens is 554 g/mol. The lowest BCUT2D eigenvalue weighted by molar-refractivity contribution is -0.142. The van der Waals surface area contributed by atoms with Crippen LogP contribution < -0.4 is 16.0 Å². The minimum absolute atomic E-state index is 0.0108. The monoisotopic (exact) mass is 613 g/mol. The SMILES string of the molecule is CN[C@@H](CCCCNC(=O)CC[C@H](NC(=O)CCCCCCCCCCCCCCCCCCC(=O)O)C(=O)O)C(=O)O. The Labute approximate surface area is 258 Å². The summed E-state index contributed by atoms with van der Waals surface area (Å²) in [5.41, 5.74) is 0. The normalized spacial score (nSPS) is 12.4. The summed E-state index contributed by atoms with van der Waals surface area (Å²) in [6.07, 6.45) is 20.4. The number of carbonyl (C=O) groups is 5. The summed E-state index contributed by atoms with van der Waals surface area (Å²) < 4.78 is 0. The van der Waals surface area contributed by atoms with Crippen molar-refractivity contribution in [3.8, 4) is 0 Å². The van der Waals surface area contributed by atoms with Gasteiger partial charge in [0.25, 0.3) is 0 Å². The Hall–Kier alpha value is -2.69. The molecule has 0 radical (unpaired) electrons. The highest BCUT2D eigenvalue weighted by Gasteiger charge is 2.21. The van der Waals surface area contributed by atoms with Crippen LogP contribution in [0.1, 0.15) is 148 Å². The van der Waals surface area contributed by atoms with E-state index in [9.17, 15) is 29.1 Å². The van der Waals surface area contributed by atoms with Crippen LogP contribution in [0.5, 0.6) is 0 Å². The fourth-order valence-corrected chi connectivity index (χ4v) is 5.02. The molecule has 0 bridgehead atoms. The first-order valence-corrected chi connectivity index (χ1v) is 16.6. The molecule has 0 aliphatic rings. The van der Waals surface area contributed by atoms with E-state index >= 15 is 0 Å². The van der Waals surface area contributed by atoms with Crippen molar-refractivity contribution in [2.45, 2.75) is 160 Å². The summed E-state index contributed by atoms with van der Waals surface area (Å²) in [6, 6.07) is -1.71. The minimum Gasteiger partial charge on any atom is -0.481 e. The van der Waals surface area contributed by atoms with E-state index in [-0.39, 0.29) is 37.5 Å². The van der Waals surface area contributed by atoms with Crippen molar-refractivity contribution < 1.29 is 39.3 Å². The second kappa shape index (κ2) is 28.1. The minimum atomic E-state index is -1.15. The van der Waals surface area contributed by atoms with Gasteiger partial charge < -0.3 is 31.3 Å². The maximum Gasteiger partial charge on any atom is 0.326 e. The van der Waals surface area contributed by atoms with E-state index < -0.39 is 30.0 Å². The molecule has 0 saturated heterocycles. The molecule has 6 N–H and O–H groups in total. The Balaban J connectivity index is 3.68. The summed E-state index contributed by atoms with van der Waals surface area (Å²) in [7, 11) is 1.59. The number of likely N-dealkylation sites (N-methyl/N-ethyl adjacent to an activating group) is 1. The summed E-state index contributed by atoms with van der Waals surface area (Å²) >= 11 is 0. The predicted molar refractivity (Wildman–Crippen MR) is 167 cm³/mol. The van der Waals surface area contributed by atoms with Gasteiger partial charge in [0.2, 0.25) is 11.8 Å². The molecule has 2 amide bonds. The molecule has 11 nitrogen and oxygen atoms in total. The van der Waals surface area contributed by atoms with Crippen LogP contribution in [0.25, 0.3) is 0 Å². The second-order valence-electron chi connectivity index (χ2n) is 11.6. The Kier molecular flexibility index (Phi) is 26.3. The first kappa shape index (κ1) is 40.3. The molecule has 0 spiro atoms. The molecule has 11 heteroatoms. The topological polar surface area (TPSA) is 182 Å². The van der Waals surface area contributed by atoms with Crippen LogP contribution in [-0.2, 0) is 24.0 Å². The van der Waals surface area contributed by atoms with E-state index in [2.05, 4.69) is 16.0 Å². The fraction of sp³-hybridized carbons (Fsp3) is 0.844. The lowest BCUT2D eigenvalue weighted by atomic mass is 10.0. The van der Waals surface area contributed by atoms with Crippen molar-refractivity contribution >= 4 is 29.7 Å². The number of carboxylic acid groups (broad SMARTS) is 3. The van der Waals surface area contributed by atoms with Crippen molar-refractivity contribution in [1.29, 1.82) is 0 Å². The molecule has 2 atom stereocenters. The number of unbranched alkanes of at least 4 members (excludes halogenated alkanes) is 16. The zero-order valence-corrected chi connectivity index (χ0v) is 26.5. The first-order valence-electron chi connectivity index (χ1n) is 16.6. The van der Waals surface area contributed by atoms with Crippen LogP contribution in [0.3, 0.4) is 0 Å². The number of amides is 2. The van der Waals surface area contributed by atoms with Gasteiger partial charge in [-0.2, -0.15) is 0 Å². The number of hydrogen-bond acceptors (Lipinski definition) is 6. The van der Waals surface area contributed by atoms with E-state index in [0.717, 1.165) is 38.5 Å². The molecule has 0 heterocycles. The summed E-state index contributed by atoms with van der Waals surface area (Å²) in [5, 5.41) is 35.0. The van der Waals surface area contributed by atoms with E-state index in [1.165, 1.54) is 57.8 Å². The number of hydrogen-bond donors (Lipinski definition) is 6. The van der Waals surface area contributed by atoms with Gasteiger partial charge in [0.15, 0.2) is 0 Å². The van der Waals surface area contributed by atoms with E-state index in [1.54, 1.807) is 7.05 Å². The maximum absolute atomic E-state index is 12.2. The van der Waals surface area contributed by atoms with Crippen molar-refractivity contribution in [1.82, 2.24) is 16.0 Å². The lowest BCUT2D eigenvalue weighted by Crippen LogP contribution is -2.41. The highest BCUT2D eigenvalue weighted by molar-refractivity contribution is 5.84.